The number of benzene rings is 2. The van der Waals surface area contributed by atoms with E-state index in [0.29, 0.717) is 18.6 Å². The molecule has 0 aromatic heterocycles. The number of carbonyl (C=O) groups excluding carboxylic acids is 1. The van der Waals surface area contributed by atoms with Crippen LogP contribution < -0.4 is 0 Å². The van der Waals surface area contributed by atoms with E-state index in [9.17, 15) is 13.2 Å². The number of rotatable bonds is 7. The van der Waals surface area contributed by atoms with E-state index >= 15 is 0 Å². The van der Waals surface area contributed by atoms with Crippen LogP contribution in [0.4, 0.5) is 0 Å². The third-order valence-electron chi connectivity index (χ3n) is 7.34. The maximum Gasteiger partial charge on any atom is 0.277 e. The highest BCUT2D eigenvalue weighted by Crippen LogP contribution is 2.65. The number of Topliss-reactive ketones (excluding diaryl/α,β-unsaturated/α-hetero) is 1. The van der Waals surface area contributed by atoms with E-state index < -0.39 is 25.8 Å². The number of carbonyl (C=O) groups is 1. The van der Waals surface area contributed by atoms with E-state index in [2.05, 4.69) is 13.8 Å². The highest BCUT2D eigenvalue weighted by Gasteiger charge is 2.65. The molecular weight excluding hydrogens is 416 g/mol. The fourth-order valence-corrected chi connectivity index (χ4v) is 10.9. The molecule has 0 heterocycles. The summed E-state index contributed by atoms with van der Waals surface area (Å²) in [5.41, 5.74) is -0.0935. The van der Waals surface area contributed by atoms with Gasteiger partial charge in [0.2, 0.25) is 0 Å². The second-order valence-electron chi connectivity index (χ2n) is 9.38. The summed E-state index contributed by atoms with van der Waals surface area (Å²) in [4.78, 5) is 13.7. The molecule has 3 atom stereocenters. The van der Waals surface area contributed by atoms with Crippen LogP contribution in [0, 0.1) is 16.7 Å². The summed E-state index contributed by atoms with van der Waals surface area (Å²) in [5, 5.41) is 0. The number of hydrogen-bond donors (Lipinski definition) is 0. The van der Waals surface area contributed by atoms with Crippen LogP contribution in [0.25, 0.3) is 0 Å². The molecule has 4 nitrogen and oxygen atoms in total. The van der Waals surface area contributed by atoms with E-state index in [1.807, 2.05) is 66.9 Å². The van der Waals surface area contributed by atoms with Crippen molar-refractivity contribution in [3.05, 3.63) is 66.2 Å². The quantitative estimate of drug-likeness (QED) is 0.576. The Morgan fingerprint density at radius 2 is 1.60 bits per heavy atom. The van der Waals surface area contributed by atoms with E-state index in [4.69, 9.17) is 3.63 Å². The Balaban J connectivity index is 1.66. The Labute approximate surface area is 181 Å². The van der Waals surface area contributed by atoms with Gasteiger partial charge in [-0.3, -0.25) is 4.79 Å². The average Bonchev–Trinajstić information content (AvgIpc) is 3.03. The van der Waals surface area contributed by atoms with Crippen LogP contribution in [-0.2, 0) is 24.3 Å². The zero-order valence-corrected chi connectivity index (χ0v) is 19.5. The van der Waals surface area contributed by atoms with Gasteiger partial charge in [0.15, 0.2) is 0 Å². The molecule has 0 N–H and O–H groups in total. The number of hydrogen-bond acceptors (Lipinski definition) is 4. The van der Waals surface area contributed by atoms with Gasteiger partial charge in [-0.2, -0.15) is 8.42 Å². The molecule has 2 fully saturated rings. The summed E-state index contributed by atoms with van der Waals surface area (Å²) >= 11 is 0. The molecule has 2 aliphatic rings. The summed E-state index contributed by atoms with van der Waals surface area (Å²) in [6, 6.07) is 19.4. The minimum atomic E-state index is -3.92. The Morgan fingerprint density at radius 1 is 1.00 bits per heavy atom. The van der Waals surface area contributed by atoms with Crippen LogP contribution in [0.3, 0.4) is 0 Å². The van der Waals surface area contributed by atoms with Crippen LogP contribution >= 0.6 is 10.3 Å². The fourth-order valence-electron chi connectivity index (χ4n) is 5.41. The first kappa shape index (κ1) is 21.6. The molecule has 3 unspecified atom stereocenters. The van der Waals surface area contributed by atoms with Crippen LogP contribution in [0.1, 0.15) is 38.7 Å². The molecule has 0 saturated heterocycles. The molecule has 2 aromatic rings. The predicted molar refractivity (Wildman–Crippen MR) is 122 cm³/mol. The molecule has 2 aromatic carbocycles. The average molecular weight is 447 g/mol. The molecule has 0 amide bonds. The summed E-state index contributed by atoms with van der Waals surface area (Å²) in [7, 11) is -6.07. The molecule has 162 valence electrons. The molecule has 6 heteroatoms. The lowest BCUT2D eigenvalue weighted by Gasteiger charge is -2.39. The van der Waals surface area contributed by atoms with Crippen molar-refractivity contribution in [3.8, 4) is 0 Å². The van der Waals surface area contributed by atoms with E-state index in [-0.39, 0.29) is 22.9 Å². The second kappa shape index (κ2) is 7.50. The second-order valence-corrected chi connectivity index (χ2v) is 14.1. The standard InChI is InChI=1S/C24H30O4S2/c1-23(2)20-14-15-24(23,22(25)16-20)18-30(26,27)28-29(3,21-12-8-5-9-13-21)17-19-10-6-4-7-11-19/h4-13,20H,14-18H2,1-3H3. The van der Waals surface area contributed by atoms with Crippen molar-refractivity contribution in [3.63, 3.8) is 0 Å². The summed E-state index contributed by atoms with van der Waals surface area (Å²) in [5.74, 6) is 0.657. The fraction of sp³-hybridized carbons (Fsp3) is 0.458. The molecule has 0 aliphatic heterocycles. The maximum atomic E-state index is 13.4. The summed E-state index contributed by atoms with van der Waals surface area (Å²) in [6.07, 6.45) is 3.96. The van der Waals surface area contributed by atoms with Crippen LogP contribution in [0.15, 0.2) is 65.6 Å². The van der Waals surface area contributed by atoms with Crippen molar-refractivity contribution in [1.29, 1.82) is 0 Å². The van der Waals surface area contributed by atoms with Crippen LogP contribution in [-0.4, -0.2) is 26.2 Å². The van der Waals surface area contributed by atoms with Gasteiger partial charge in [-0.05, 0) is 48.1 Å². The van der Waals surface area contributed by atoms with Gasteiger partial charge in [-0.25, -0.2) is 3.63 Å². The molecule has 30 heavy (non-hydrogen) atoms. The Bertz CT molecular complexity index is 1030. The topological polar surface area (TPSA) is 60.4 Å². The summed E-state index contributed by atoms with van der Waals surface area (Å²) < 4.78 is 32.9. The van der Waals surface area contributed by atoms with Gasteiger partial charge < -0.3 is 0 Å². The molecular formula is C24H30O4S2. The lowest BCUT2D eigenvalue weighted by atomic mass is 9.70. The van der Waals surface area contributed by atoms with E-state index in [1.165, 1.54) is 0 Å². The Hall–Kier alpha value is -1.63. The lowest BCUT2D eigenvalue weighted by molar-refractivity contribution is -0.128. The van der Waals surface area contributed by atoms with Crippen molar-refractivity contribution >= 4 is 26.2 Å². The Morgan fingerprint density at radius 3 is 2.13 bits per heavy atom. The van der Waals surface area contributed by atoms with Gasteiger partial charge in [0, 0.05) is 17.1 Å². The molecule has 2 bridgehead atoms. The smallest absolute Gasteiger partial charge is 0.277 e. The SMILES string of the molecule is CC1(C)C2CCC1(CS(=O)(=O)OS(C)(Cc1ccccc1)c1ccccc1)C(=O)C2. The first-order valence-electron chi connectivity index (χ1n) is 10.4. The first-order valence-corrected chi connectivity index (χ1v) is 14.1. The third kappa shape index (κ3) is 3.63. The minimum Gasteiger partial charge on any atom is -0.299 e. The largest absolute Gasteiger partial charge is 0.299 e. The zero-order valence-electron chi connectivity index (χ0n) is 17.8. The monoisotopic (exact) mass is 446 g/mol. The summed E-state index contributed by atoms with van der Waals surface area (Å²) in [6.45, 7) is 4.11. The first-order chi connectivity index (χ1) is 14.1. The number of ketones is 1. The van der Waals surface area contributed by atoms with Gasteiger partial charge in [0.05, 0.1) is 11.2 Å². The molecule has 2 aliphatic carbocycles. The minimum absolute atomic E-state index is 0.0930. The van der Waals surface area contributed by atoms with Gasteiger partial charge in [0.1, 0.15) is 5.78 Å². The zero-order chi connectivity index (χ0) is 21.6. The Kier molecular flexibility index (Phi) is 5.40. The predicted octanol–water partition coefficient (Wildman–Crippen LogP) is 5.34. The highest BCUT2D eigenvalue weighted by atomic mass is 32.3. The normalized spacial score (nSPS) is 28.2. The number of fused-ring (bicyclic) bond motifs is 2. The van der Waals surface area contributed by atoms with Gasteiger partial charge in [0.25, 0.3) is 10.1 Å². The lowest BCUT2D eigenvalue weighted by Crippen LogP contribution is -2.42. The van der Waals surface area contributed by atoms with Crippen molar-refractivity contribution in [1.82, 2.24) is 0 Å². The van der Waals surface area contributed by atoms with Gasteiger partial charge in [-0.1, -0.05) is 72.7 Å². The van der Waals surface area contributed by atoms with Crippen LogP contribution in [0.2, 0.25) is 0 Å². The van der Waals surface area contributed by atoms with Crippen LogP contribution in [0.5, 0.6) is 0 Å². The van der Waals surface area contributed by atoms with Crippen molar-refractivity contribution in [2.24, 2.45) is 16.7 Å². The van der Waals surface area contributed by atoms with Gasteiger partial charge >= 0.3 is 0 Å². The van der Waals surface area contributed by atoms with Gasteiger partial charge in [-0.15, -0.1) is 0 Å². The van der Waals surface area contributed by atoms with E-state index in [0.717, 1.165) is 16.9 Å². The maximum absolute atomic E-state index is 13.4. The van der Waals surface area contributed by atoms with Crippen molar-refractivity contribution in [2.75, 3.05) is 12.0 Å². The van der Waals surface area contributed by atoms with Crippen molar-refractivity contribution < 1.29 is 16.8 Å². The molecule has 4 rings (SSSR count). The third-order valence-corrected chi connectivity index (χ3v) is 12.4. The van der Waals surface area contributed by atoms with E-state index in [1.54, 1.807) is 0 Å². The molecule has 0 spiro atoms. The molecule has 0 radical (unpaired) electrons. The molecule has 2 saturated carbocycles. The highest BCUT2D eigenvalue weighted by molar-refractivity contribution is 8.31. The van der Waals surface area contributed by atoms with Crippen molar-refractivity contribution in [2.45, 2.75) is 43.8 Å².